The van der Waals surface area contributed by atoms with Gasteiger partial charge in [0.1, 0.15) is 0 Å². The fraction of sp³-hybridized carbons (Fsp3) is 0.417. The molecule has 9 nitrogen and oxygen atoms in total. The van der Waals surface area contributed by atoms with Crippen molar-refractivity contribution in [3.05, 3.63) is 53.6 Å². The van der Waals surface area contributed by atoms with Crippen molar-refractivity contribution in [2.24, 2.45) is 0 Å². The second-order valence-corrected chi connectivity index (χ2v) is 7.48. The van der Waals surface area contributed by atoms with Gasteiger partial charge in [0.2, 0.25) is 11.7 Å². The zero-order valence-electron chi connectivity index (χ0n) is 19.3. The van der Waals surface area contributed by atoms with Gasteiger partial charge in [-0.3, -0.25) is 14.5 Å². The molecule has 1 heterocycles. The van der Waals surface area contributed by atoms with E-state index in [0.29, 0.717) is 42.6 Å². The monoisotopic (exact) mass is 457 g/mol. The predicted octanol–water partition coefficient (Wildman–Crippen LogP) is 1.63. The molecule has 0 aromatic heterocycles. The summed E-state index contributed by atoms with van der Waals surface area (Å²) >= 11 is 0. The Bertz CT molecular complexity index is 906. The SMILES string of the molecule is COc1cc(C(=O)NCC(=O)NCC(c2ccccc2)N2CCOCC2)cc(OC)c1OC. The molecule has 2 N–H and O–H groups in total. The van der Waals surface area contributed by atoms with Crippen LogP contribution in [-0.2, 0) is 9.53 Å². The van der Waals surface area contributed by atoms with Crippen molar-refractivity contribution in [1.82, 2.24) is 15.5 Å². The van der Waals surface area contributed by atoms with Crippen LogP contribution in [-0.4, -0.2) is 77.4 Å². The van der Waals surface area contributed by atoms with Gasteiger partial charge in [0, 0.05) is 25.2 Å². The number of morpholine rings is 1. The summed E-state index contributed by atoms with van der Waals surface area (Å²) in [7, 11) is 4.44. The maximum absolute atomic E-state index is 12.6. The van der Waals surface area contributed by atoms with Crippen molar-refractivity contribution in [3.63, 3.8) is 0 Å². The second kappa shape index (κ2) is 12.1. The van der Waals surface area contributed by atoms with Crippen LogP contribution in [0, 0.1) is 0 Å². The van der Waals surface area contributed by atoms with Gasteiger partial charge in [0.25, 0.3) is 5.91 Å². The molecule has 2 amide bonds. The van der Waals surface area contributed by atoms with Gasteiger partial charge < -0.3 is 29.6 Å². The standard InChI is InChI=1S/C24H31N3O6/c1-30-20-13-18(14-21(31-2)23(20)32-3)24(29)26-16-22(28)25-15-19(17-7-5-4-6-8-17)27-9-11-33-12-10-27/h4-8,13-14,19H,9-12,15-16H2,1-3H3,(H,25,28)(H,26,29). The Kier molecular flexibility index (Phi) is 8.91. The summed E-state index contributed by atoms with van der Waals surface area (Å²) in [5.41, 5.74) is 1.42. The number of hydrogen-bond donors (Lipinski definition) is 2. The van der Waals surface area contributed by atoms with Gasteiger partial charge in [-0.2, -0.15) is 0 Å². The molecule has 1 fully saturated rings. The third kappa shape index (κ3) is 6.36. The lowest BCUT2D eigenvalue weighted by Gasteiger charge is -2.35. The van der Waals surface area contributed by atoms with E-state index in [1.165, 1.54) is 21.3 Å². The van der Waals surface area contributed by atoms with E-state index < -0.39 is 5.91 Å². The molecule has 0 radical (unpaired) electrons. The van der Waals surface area contributed by atoms with E-state index in [0.717, 1.165) is 18.7 Å². The quantitative estimate of drug-likeness (QED) is 0.560. The Labute approximate surface area is 193 Å². The van der Waals surface area contributed by atoms with Crippen molar-refractivity contribution in [3.8, 4) is 17.2 Å². The summed E-state index contributed by atoms with van der Waals surface area (Å²) in [5.74, 6) is 0.428. The molecule has 1 saturated heterocycles. The largest absolute Gasteiger partial charge is 0.493 e. The molecule has 2 aromatic rings. The zero-order chi connectivity index (χ0) is 23.6. The van der Waals surface area contributed by atoms with Gasteiger partial charge in [-0.05, 0) is 17.7 Å². The van der Waals surface area contributed by atoms with Crippen molar-refractivity contribution >= 4 is 11.8 Å². The number of rotatable bonds is 10. The van der Waals surface area contributed by atoms with Crippen LogP contribution in [0.15, 0.2) is 42.5 Å². The van der Waals surface area contributed by atoms with Crippen molar-refractivity contribution < 1.29 is 28.5 Å². The molecule has 0 saturated carbocycles. The molecule has 1 unspecified atom stereocenters. The van der Waals surface area contributed by atoms with E-state index in [4.69, 9.17) is 18.9 Å². The molecule has 3 rings (SSSR count). The highest BCUT2D eigenvalue weighted by Crippen LogP contribution is 2.38. The minimum Gasteiger partial charge on any atom is -0.493 e. The van der Waals surface area contributed by atoms with Crippen LogP contribution in [0.25, 0.3) is 0 Å². The average molecular weight is 458 g/mol. The summed E-state index contributed by atoms with van der Waals surface area (Å²) in [6, 6.07) is 13.2. The first-order valence-electron chi connectivity index (χ1n) is 10.8. The van der Waals surface area contributed by atoms with Crippen LogP contribution < -0.4 is 24.8 Å². The molecule has 0 bridgehead atoms. The minimum atomic E-state index is -0.419. The summed E-state index contributed by atoms with van der Waals surface area (Å²) in [4.78, 5) is 27.4. The van der Waals surface area contributed by atoms with Crippen LogP contribution in [0.2, 0.25) is 0 Å². The number of carbonyl (C=O) groups excluding carboxylic acids is 2. The molecule has 178 valence electrons. The highest BCUT2D eigenvalue weighted by Gasteiger charge is 2.23. The number of nitrogens with one attached hydrogen (secondary N) is 2. The Balaban J connectivity index is 1.59. The third-order valence-electron chi connectivity index (χ3n) is 5.50. The lowest BCUT2D eigenvalue weighted by Crippen LogP contribution is -2.45. The molecular weight excluding hydrogens is 426 g/mol. The highest BCUT2D eigenvalue weighted by atomic mass is 16.5. The topological polar surface area (TPSA) is 98.4 Å². The van der Waals surface area contributed by atoms with Crippen LogP contribution in [0.5, 0.6) is 17.2 Å². The molecule has 0 aliphatic carbocycles. The Morgan fingerprint density at radius 1 is 0.970 bits per heavy atom. The summed E-state index contributed by atoms with van der Waals surface area (Å²) in [5, 5.41) is 5.59. The Hall–Kier alpha value is -3.30. The van der Waals surface area contributed by atoms with Crippen LogP contribution in [0.1, 0.15) is 22.0 Å². The number of benzene rings is 2. The van der Waals surface area contributed by atoms with Gasteiger partial charge >= 0.3 is 0 Å². The van der Waals surface area contributed by atoms with Gasteiger partial charge in [0.05, 0.1) is 47.1 Å². The average Bonchev–Trinajstić information content (AvgIpc) is 2.87. The van der Waals surface area contributed by atoms with Crippen LogP contribution in [0.4, 0.5) is 0 Å². The molecule has 2 aromatic carbocycles. The Morgan fingerprint density at radius 3 is 2.18 bits per heavy atom. The molecule has 0 spiro atoms. The molecule has 9 heteroatoms. The molecular formula is C24H31N3O6. The van der Waals surface area contributed by atoms with Gasteiger partial charge in [-0.25, -0.2) is 0 Å². The van der Waals surface area contributed by atoms with E-state index >= 15 is 0 Å². The first-order chi connectivity index (χ1) is 16.1. The smallest absolute Gasteiger partial charge is 0.251 e. The first kappa shape index (κ1) is 24.3. The minimum absolute atomic E-state index is 0.0323. The molecule has 1 atom stereocenters. The lowest BCUT2D eigenvalue weighted by molar-refractivity contribution is -0.120. The fourth-order valence-electron chi connectivity index (χ4n) is 3.77. The molecule has 33 heavy (non-hydrogen) atoms. The van der Waals surface area contributed by atoms with Gasteiger partial charge in [0.15, 0.2) is 11.5 Å². The fourth-order valence-corrected chi connectivity index (χ4v) is 3.77. The van der Waals surface area contributed by atoms with Crippen LogP contribution >= 0.6 is 0 Å². The summed E-state index contributed by atoms with van der Waals surface area (Å²) in [6.07, 6.45) is 0. The summed E-state index contributed by atoms with van der Waals surface area (Å²) < 4.78 is 21.3. The van der Waals surface area contributed by atoms with E-state index in [9.17, 15) is 9.59 Å². The number of methoxy groups -OCH3 is 3. The van der Waals surface area contributed by atoms with E-state index in [1.807, 2.05) is 18.2 Å². The summed E-state index contributed by atoms with van der Waals surface area (Å²) in [6.45, 7) is 3.22. The predicted molar refractivity (Wildman–Crippen MR) is 123 cm³/mol. The maximum Gasteiger partial charge on any atom is 0.251 e. The van der Waals surface area contributed by atoms with E-state index in [1.54, 1.807) is 12.1 Å². The third-order valence-corrected chi connectivity index (χ3v) is 5.50. The van der Waals surface area contributed by atoms with Crippen molar-refractivity contribution in [2.45, 2.75) is 6.04 Å². The Morgan fingerprint density at radius 2 is 1.61 bits per heavy atom. The number of carbonyl (C=O) groups is 2. The lowest BCUT2D eigenvalue weighted by atomic mass is 10.0. The van der Waals surface area contributed by atoms with Gasteiger partial charge in [-0.15, -0.1) is 0 Å². The second-order valence-electron chi connectivity index (χ2n) is 7.48. The van der Waals surface area contributed by atoms with E-state index in [2.05, 4.69) is 27.7 Å². The molecule has 1 aliphatic rings. The number of nitrogens with zero attached hydrogens (tertiary/aromatic N) is 1. The van der Waals surface area contributed by atoms with Gasteiger partial charge in [-0.1, -0.05) is 30.3 Å². The van der Waals surface area contributed by atoms with Crippen molar-refractivity contribution in [1.29, 1.82) is 0 Å². The first-order valence-corrected chi connectivity index (χ1v) is 10.8. The number of hydrogen-bond acceptors (Lipinski definition) is 7. The highest BCUT2D eigenvalue weighted by molar-refractivity contribution is 5.97. The maximum atomic E-state index is 12.6. The van der Waals surface area contributed by atoms with E-state index in [-0.39, 0.29) is 18.5 Å². The molecule has 1 aliphatic heterocycles. The number of amides is 2. The van der Waals surface area contributed by atoms with Crippen LogP contribution in [0.3, 0.4) is 0 Å². The van der Waals surface area contributed by atoms with Crippen molar-refractivity contribution in [2.75, 3.05) is 60.7 Å². The zero-order valence-corrected chi connectivity index (χ0v) is 19.3. The normalized spacial score (nSPS) is 14.8. The number of ether oxygens (including phenoxy) is 4.